The van der Waals surface area contributed by atoms with Crippen molar-refractivity contribution in [3.63, 3.8) is 0 Å². The zero-order chi connectivity index (χ0) is 12.6. The summed E-state index contributed by atoms with van der Waals surface area (Å²) in [6, 6.07) is 20.0. The molecular formula is C14H16N2O2. The Bertz CT molecular complexity index is 406. The monoisotopic (exact) mass is 244 g/mol. The Labute approximate surface area is 106 Å². The normalized spacial score (nSPS) is 10.8. The van der Waals surface area contributed by atoms with Crippen LogP contribution in [-0.2, 0) is 18.1 Å². The van der Waals surface area contributed by atoms with Gasteiger partial charge in [-0.3, -0.25) is 0 Å². The number of nitrogens with one attached hydrogen (secondary N) is 1. The Kier molecular flexibility index (Phi) is 4.87. The van der Waals surface area contributed by atoms with E-state index < -0.39 is 0 Å². The maximum atomic E-state index is 8.54. The molecule has 0 saturated heterocycles. The highest BCUT2D eigenvalue weighted by molar-refractivity contribution is 5.16. The van der Waals surface area contributed by atoms with Crippen LogP contribution in [0.15, 0.2) is 60.7 Å². The molecule has 0 amide bonds. The van der Waals surface area contributed by atoms with Gasteiger partial charge in [0.15, 0.2) is 0 Å². The van der Waals surface area contributed by atoms with Gasteiger partial charge in [-0.25, -0.2) is 10.3 Å². The molecule has 2 rings (SSSR count). The Balaban J connectivity index is 2.00. The lowest BCUT2D eigenvalue weighted by Crippen LogP contribution is -2.36. The lowest BCUT2D eigenvalue weighted by Gasteiger charge is -2.20. The van der Waals surface area contributed by atoms with Crippen molar-refractivity contribution >= 4 is 0 Å². The molecule has 0 bridgehead atoms. The average Bonchev–Trinajstić information content (AvgIpc) is 2.41. The second-order valence-corrected chi connectivity index (χ2v) is 4.01. The van der Waals surface area contributed by atoms with Gasteiger partial charge >= 0.3 is 0 Å². The molecule has 2 aromatic rings. The van der Waals surface area contributed by atoms with Gasteiger partial charge in [0.2, 0.25) is 0 Å². The molecule has 0 unspecified atom stereocenters. The summed E-state index contributed by atoms with van der Waals surface area (Å²) in [5, 5.41) is 10.3. The van der Waals surface area contributed by atoms with E-state index in [-0.39, 0.29) is 0 Å². The van der Waals surface area contributed by atoms with E-state index in [0.29, 0.717) is 13.1 Å². The van der Waals surface area contributed by atoms with Gasteiger partial charge in [-0.2, -0.15) is 0 Å². The Morgan fingerprint density at radius 1 is 0.833 bits per heavy atom. The van der Waals surface area contributed by atoms with Gasteiger partial charge in [0.05, 0.1) is 0 Å². The highest BCUT2D eigenvalue weighted by Crippen LogP contribution is 2.07. The number of nitrogens with zero attached hydrogens (tertiary/aromatic N) is 1. The van der Waals surface area contributed by atoms with E-state index in [4.69, 9.17) is 5.26 Å². The summed E-state index contributed by atoms with van der Waals surface area (Å²) in [5.41, 5.74) is 4.74. The summed E-state index contributed by atoms with van der Waals surface area (Å²) >= 11 is 0. The van der Waals surface area contributed by atoms with Gasteiger partial charge < -0.3 is 0 Å². The van der Waals surface area contributed by atoms with Crippen LogP contribution in [0.5, 0.6) is 0 Å². The lowest BCUT2D eigenvalue weighted by molar-refractivity contribution is -0.336. The van der Waals surface area contributed by atoms with Crippen LogP contribution in [0.3, 0.4) is 0 Å². The van der Waals surface area contributed by atoms with Crippen LogP contribution in [0.25, 0.3) is 0 Å². The van der Waals surface area contributed by atoms with Gasteiger partial charge in [-0.15, -0.1) is 10.6 Å². The lowest BCUT2D eigenvalue weighted by atomic mass is 10.2. The van der Waals surface area contributed by atoms with Crippen LogP contribution in [0, 0.1) is 0 Å². The molecule has 0 atom stereocenters. The smallest absolute Gasteiger partial charge is 0.0408 e. The summed E-state index contributed by atoms with van der Waals surface area (Å²) < 4.78 is 0. The summed E-state index contributed by atoms with van der Waals surface area (Å²) in [6.45, 7) is 1.27. The minimum atomic E-state index is 0.635. The number of hydrogen-bond donors (Lipinski definition) is 2. The fourth-order valence-corrected chi connectivity index (χ4v) is 1.79. The maximum Gasteiger partial charge on any atom is 0.0408 e. The maximum absolute atomic E-state index is 8.54. The van der Waals surface area contributed by atoms with Gasteiger partial charge in [-0.1, -0.05) is 60.7 Å². The SMILES string of the molecule is OONN(Cc1ccccc1)Cc1ccccc1. The molecule has 2 aromatic carbocycles. The molecule has 0 saturated carbocycles. The quantitative estimate of drug-likeness (QED) is 0.605. The third kappa shape index (κ3) is 3.94. The molecule has 4 nitrogen and oxygen atoms in total. The van der Waals surface area contributed by atoms with Crippen molar-refractivity contribution in [2.45, 2.75) is 13.1 Å². The molecule has 2 N–H and O–H groups in total. The van der Waals surface area contributed by atoms with E-state index in [9.17, 15) is 0 Å². The molecule has 0 spiro atoms. The molecule has 94 valence electrons. The predicted octanol–water partition coefficient (Wildman–Crippen LogP) is 2.60. The summed E-state index contributed by atoms with van der Waals surface area (Å²) in [4.78, 5) is 4.02. The average molecular weight is 244 g/mol. The number of hydrogen-bond acceptors (Lipinski definition) is 4. The summed E-state index contributed by atoms with van der Waals surface area (Å²) in [7, 11) is 0. The Hall–Kier alpha value is -1.72. The fraction of sp³-hybridized carbons (Fsp3) is 0.143. The Morgan fingerprint density at radius 2 is 1.28 bits per heavy atom. The summed E-state index contributed by atoms with van der Waals surface area (Å²) in [5.74, 6) is 0. The zero-order valence-corrected chi connectivity index (χ0v) is 9.99. The Morgan fingerprint density at radius 3 is 1.67 bits per heavy atom. The van der Waals surface area contributed by atoms with Gasteiger partial charge in [0.1, 0.15) is 0 Å². The molecule has 0 fully saturated rings. The molecule has 0 aliphatic rings. The molecule has 4 heteroatoms. The first kappa shape index (κ1) is 12.7. The third-order valence-corrected chi connectivity index (χ3v) is 2.60. The molecule has 0 aromatic heterocycles. The van der Waals surface area contributed by atoms with E-state index in [2.05, 4.69) is 10.6 Å². The minimum absolute atomic E-state index is 0.635. The van der Waals surface area contributed by atoms with Crippen LogP contribution in [0.1, 0.15) is 11.1 Å². The number of benzene rings is 2. The van der Waals surface area contributed by atoms with Crippen LogP contribution in [0.2, 0.25) is 0 Å². The third-order valence-electron chi connectivity index (χ3n) is 2.60. The first-order valence-corrected chi connectivity index (χ1v) is 5.77. The molecule has 0 aliphatic heterocycles. The van der Waals surface area contributed by atoms with E-state index in [0.717, 1.165) is 11.1 Å². The second kappa shape index (κ2) is 6.88. The molecule has 0 aliphatic carbocycles. The fourth-order valence-electron chi connectivity index (χ4n) is 1.79. The van der Waals surface area contributed by atoms with Gasteiger partial charge in [0, 0.05) is 13.1 Å². The van der Waals surface area contributed by atoms with Crippen molar-refractivity contribution in [3.05, 3.63) is 71.8 Å². The van der Waals surface area contributed by atoms with Crippen LogP contribution < -0.4 is 5.59 Å². The number of rotatable bonds is 6. The second-order valence-electron chi connectivity index (χ2n) is 4.01. The molecule has 0 heterocycles. The van der Waals surface area contributed by atoms with Crippen molar-refractivity contribution in [3.8, 4) is 0 Å². The van der Waals surface area contributed by atoms with Crippen molar-refractivity contribution in [2.75, 3.05) is 0 Å². The predicted molar refractivity (Wildman–Crippen MR) is 69.0 cm³/mol. The summed E-state index contributed by atoms with van der Waals surface area (Å²) in [6.07, 6.45) is 0. The van der Waals surface area contributed by atoms with Crippen LogP contribution in [0.4, 0.5) is 0 Å². The van der Waals surface area contributed by atoms with Gasteiger partial charge in [0.25, 0.3) is 0 Å². The minimum Gasteiger partial charge on any atom is -0.232 e. The number of hydrazine groups is 1. The molecule has 0 radical (unpaired) electrons. The first-order valence-electron chi connectivity index (χ1n) is 5.77. The van der Waals surface area contributed by atoms with E-state index in [1.807, 2.05) is 60.7 Å². The molecular weight excluding hydrogens is 228 g/mol. The van der Waals surface area contributed by atoms with Crippen molar-refractivity contribution < 1.29 is 10.2 Å². The van der Waals surface area contributed by atoms with Gasteiger partial charge in [-0.05, 0) is 11.1 Å². The van der Waals surface area contributed by atoms with E-state index in [1.54, 1.807) is 5.01 Å². The topological polar surface area (TPSA) is 44.7 Å². The first-order chi connectivity index (χ1) is 8.88. The van der Waals surface area contributed by atoms with Crippen LogP contribution >= 0.6 is 0 Å². The van der Waals surface area contributed by atoms with Crippen LogP contribution in [-0.4, -0.2) is 10.3 Å². The van der Waals surface area contributed by atoms with E-state index >= 15 is 0 Å². The zero-order valence-electron chi connectivity index (χ0n) is 9.99. The standard InChI is InChI=1S/C14H16N2O2/c17-18-15-16(11-13-7-3-1-4-8-13)12-14-9-5-2-6-10-14/h1-10,15,17H,11-12H2. The van der Waals surface area contributed by atoms with Crippen molar-refractivity contribution in [1.29, 1.82) is 0 Å². The highest BCUT2D eigenvalue weighted by atomic mass is 17.2. The van der Waals surface area contributed by atoms with Crippen molar-refractivity contribution in [1.82, 2.24) is 10.6 Å². The van der Waals surface area contributed by atoms with Crippen molar-refractivity contribution in [2.24, 2.45) is 0 Å². The molecule has 18 heavy (non-hydrogen) atoms. The highest BCUT2D eigenvalue weighted by Gasteiger charge is 2.06. The van der Waals surface area contributed by atoms with E-state index in [1.165, 1.54) is 0 Å². The largest absolute Gasteiger partial charge is 0.232 e.